The fourth-order valence-corrected chi connectivity index (χ4v) is 3.94. The average molecular weight is 327 g/mol. The first-order valence-electron chi connectivity index (χ1n) is 6.72. The number of carboxylic acid groups (broad SMARTS) is 1. The number of ketones is 1. The SMILES string of the molecule is CC(=O)NC(CS[C@@H]1C(=O)CC[C@]1(C)C(=O)O)c1nn[nH]n1. The molecule has 1 aliphatic rings. The number of carboxylic acids is 1. The number of nitrogens with zero attached hydrogens (tertiary/aromatic N) is 3. The molecule has 0 spiro atoms. The van der Waals surface area contributed by atoms with Crippen molar-refractivity contribution in [2.24, 2.45) is 5.41 Å². The molecule has 2 rings (SSSR count). The Morgan fingerprint density at radius 2 is 2.32 bits per heavy atom. The van der Waals surface area contributed by atoms with Crippen LogP contribution in [0.25, 0.3) is 0 Å². The molecule has 0 bridgehead atoms. The molecule has 120 valence electrons. The predicted octanol–water partition coefficient (Wildman–Crippen LogP) is -0.0675. The quantitative estimate of drug-likeness (QED) is 0.660. The lowest BCUT2D eigenvalue weighted by atomic mass is 9.89. The van der Waals surface area contributed by atoms with Crippen LogP contribution in [0.3, 0.4) is 0 Å². The predicted molar refractivity (Wildman–Crippen MR) is 77.0 cm³/mol. The molecular formula is C12H17N5O4S. The molecule has 1 amide bonds. The Bertz CT molecular complexity index is 578. The molecule has 1 aromatic heterocycles. The number of amides is 1. The summed E-state index contributed by atoms with van der Waals surface area (Å²) in [6.45, 7) is 2.94. The van der Waals surface area contributed by atoms with Crippen molar-refractivity contribution in [1.29, 1.82) is 0 Å². The summed E-state index contributed by atoms with van der Waals surface area (Å²) in [5.41, 5.74) is -1.08. The molecule has 9 nitrogen and oxygen atoms in total. The molecule has 1 saturated carbocycles. The summed E-state index contributed by atoms with van der Waals surface area (Å²) < 4.78 is 0. The molecule has 1 fully saturated rings. The molecule has 0 radical (unpaired) electrons. The molecule has 10 heteroatoms. The van der Waals surface area contributed by atoms with Crippen LogP contribution in [0.2, 0.25) is 0 Å². The van der Waals surface area contributed by atoms with Crippen molar-refractivity contribution in [3.05, 3.63) is 5.82 Å². The summed E-state index contributed by atoms with van der Waals surface area (Å²) in [4.78, 5) is 34.7. The summed E-state index contributed by atoms with van der Waals surface area (Å²) in [7, 11) is 0. The minimum absolute atomic E-state index is 0.0791. The second-order valence-corrected chi connectivity index (χ2v) is 6.56. The Labute approximate surface area is 130 Å². The number of carbonyl (C=O) groups excluding carboxylic acids is 2. The molecule has 3 atom stereocenters. The zero-order valence-corrected chi connectivity index (χ0v) is 13.0. The van der Waals surface area contributed by atoms with Crippen LogP contribution in [0.5, 0.6) is 0 Å². The van der Waals surface area contributed by atoms with E-state index in [-0.39, 0.29) is 18.1 Å². The third kappa shape index (κ3) is 3.26. The van der Waals surface area contributed by atoms with E-state index < -0.39 is 22.7 Å². The molecule has 3 N–H and O–H groups in total. The van der Waals surface area contributed by atoms with Crippen molar-refractivity contribution in [1.82, 2.24) is 25.9 Å². The fraction of sp³-hybridized carbons (Fsp3) is 0.667. The number of aliphatic carboxylic acids is 1. The second-order valence-electron chi connectivity index (χ2n) is 5.43. The molecule has 1 unspecified atom stereocenters. The van der Waals surface area contributed by atoms with Crippen molar-refractivity contribution >= 4 is 29.4 Å². The normalized spacial score (nSPS) is 25.9. The summed E-state index contributed by atoms with van der Waals surface area (Å²) in [6, 6.07) is -0.535. The van der Waals surface area contributed by atoms with Crippen molar-refractivity contribution in [2.45, 2.75) is 38.0 Å². The lowest BCUT2D eigenvalue weighted by Crippen LogP contribution is -2.37. The minimum atomic E-state index is -1.08. The van der Waals surface area contributed by atoms with E-state index >= 15 is 0 Å². The lowest BCUT2D eigenvalue weighted by Gasteiger charge is -2.26. The van der Waals surface area contributed by atoms with Gasteiger partial charge in [0.05, 0.1) is 10.7 Å². The van der Waals surface area contributed by atoms with Crippen LogP contribution in [0.1, 0.15) is 38.6 Å². The van der Waals surface area contributed by atoms with E-state index in [0.29, 0.717) is 18.0 Å². The third-order valence-corrected chi connectivity index (χ3v) is 5.37. The first-order chi connectivity index (χ1) is 10.3. The highest BCUT2D eigenvalue weighted by molar-refractivity contribution is 8.00. The van der Waals surface area contributed by atoms with Crippen molar-refractivity contribution in [3.8, 4) is 0 Å². The van der Waals surface area contributed by atoms with E-state index in [1.807, 2.05) is 0 Å². The largest absolute Gasteiger partial charge is 0.481 e. The van der Waals surface area contributed by atoms with E-state index in [9.17, 15) is 19.5 Å². The number of carbonyl (C=O) groups is 3. The number of Topliss-reactive ketones (excluding diaryl/α,β-unsaturated/α-hetero) is 1. The zero-order valence-electron chi connectivity index (χ0n) is 12.2. The molecule has 0 saturated heterocycles. The Hall–Kier alpha value is -1.97. The van der Waals surface area contributed by atoms with Gasteiger partial charge in [-0.05, 0) is 13.3 Å². The van der Waals surface area contributed by atoms with Gasteiger partial charge in [-0.25, -0.2) is 0 Å². The molecule has 0 aromatic carbocycles. The standard InChI is InChI=1S/C12H17N5O4S/c1-6(18)13-7(10-14-16-17-15-10)5-22-9-8(19)3-4-12(9,2)11(20)21/h7,9H,3-5H2,1-2H3,(H,13,18)(H,20,21)(H,14,15,16,17)/t7?,9-,12+/m1/s1. The number of hydrogen-bond acceptors (Lipinski definition) is 7. The number of aromatic amines is 1. The molecule has 0 aliphatic heterocycles. The highest BCUT2D eigenvalue weighted by Gasteiger charge is 2.50. The summed E-state index contributed by atoms with van der Waals surface area (Å²) in [6.07, 6.45) is 0.583. The highest BCUT2D eigenvalue weighted by Crippen LogP contribution is 2.43. The van der Waals surface area contributed by atoms with Crippen LogP contribution >= 0.6 is 11.8 Å². The Morgan fingerprint density at radius 1 is 1.59 bits per heavy atom. The summed E-state index contributed by atoms with van der Waals surface area (Å²) in [5.74, 6) is -0.742. The van der Waals surface area contributed by atoms with Gasteiger partial charge in [0.25, 0.3) is 0 Å². The Balaban J connectivity index is 2.09. The first kappa shape index (κ1) is 16.4. The van der Waals surface area contributed by atoms with Gasteiger partial charge in [0.1, 0.15) is 11.8 Å². The van der Waals surface area contributed by atoms with E-state index in [1.54, 1.807) is 6.92 Å². The number of rotatable bonds is 6. The monoisotopic (exact) mass is 327 g/mol. The number of thioether (sulfide) groups is 1. The number of H-pyrrole nitrogens is 1. The number of aromatic nitrogens is 4. The molecule has 1 aliphatic carbocycles. The smallest absolute Gasteiger partial charge is 0.310 e. The average Bonchev–Trinajstić information content (AvgIpc) is 3.05. The molecule has 1 heterocycles. The van der Waals surface area contributed by atoms with Gasteiger partial charge in [0.2, 0.25) is 5.91 Å². The van der Waals surface area contributed by atoms with Gasteiger partial charge in [-0.1, -0.05) is 5.21 Å². The van der Waals surface area contributed by atoms with E-state index in [0.717, 1.165) is 0 Å². The highest BCUT2D eigenvalue weighted by atomic mass is 32.2. The number of tetrazole rings is 1. The zero-order chi connectivity index (χ0) is 16.3. The van der Waals surface area contributed by atoms with Gasteiger partial charge in [-0.3, -0.25) is 14.4 Å². The van der Waals surface area contributed by atoms with Crippen molar-refractivity contribution in [2.75, 3.05) is 5.75 Å². The van der Waals surface area contributed by atoms with Crippen LogP contribution < -0.4 is 5.32 Å². The minimum Gasteiger partial charge on any atom is -0.481 e. The molecule has 1 aromatic rings. The van der Waals surface area contributed by atoms with Crippen LogP contribution in [0, 0.1) is 5.41 Å². The lowest BCUT2D eigenvalue weighted by molar-refractivity contribution is -0.147. The fourth-order valence-electron chi connectivity index (χ4n) is 2.43. The van der Waals surface area contributed by atoms with Crippen molar-refractivity contribution in [3.63, 3.8) is 0 Å². The van der Waals surface area contributed by atoms with Gasteiger partial charge in [-0.15, -0.1) is 22.0 Å². The maximum atomic E-state index is 12.0. The molecular weight excluding hydrogens is 310 g/mol. The third-order valence-electron chi connectivity index (χ3n) is 3.73. The van der Waals surface area contributed by atoms with Crippen LogP contribution in [0.4, 0.5) is 0 Å². The van der Waals surface area contributed by atoms with Gasteiger partial charge in [-0.2, -0.15) is 5.21 Å². The maximum Gasteiger partial charge on any atom is 0.310 e. The Kier molecular flexibility index (Phi) is 4.79. The van der Waals surface area contributed by atoms with Crippen LogP contribution in [-0.4, -0.2) is 54.4 Å². The summed E-state index contributed by atoms with van der Waals surface area (Å²) in [5, 5.41) is 24.8. The van der Waals surface area contributed by atoms with Gasteiger partial charge < -0.3 is 10.4 Å². The number of hydrogen-bond donors (Lipinski definition) is 3. The number of nitrogens with one attached hydrogen (secondary N) is 2. The van der Waals surface area contributed by atoms with E-state index in [1.165, 1.54) is 18.7 Å². The van der Waals surface area contributed by atoms with Gasteiger partial charge in [0, 0.05) is 19.1 Å². The molecule has 22 heavy (non-hydrogen) atoms. The first-order valence-corrected chi connectivity index (χ1v) is 7.77. The van der Waals surface area contributed by atoms with Crippen LogP contribution in [-0.2, 0) is 14.4 Å². The second kappa shape index (κ2) is 6.42. The maximum absolute atomic E-state index is 12.0. The Morgan fingerprint density at radius 3 is 2.86 bits per heavy atom. The van der Waals surface area contributed by atoms with Gasteiger partial charge >= 0.3 is 5.97 Å². The van der Waals surface area contributed by atoms with Crippen molar-refractivity contribution < 1.29 is 19.5 Å². The van der Waals surface area contributed by atoms with E-state index in [2.05, 4.69) is 25.9 Å². The summed E-state index contributed by atoms with van der Waals surface area (Å²) >= 11 is 1.21. The van der Waals surface area contributed by atoms with E-state index in [4.69, 9.17) is 0 Å². The van der Waals surface area contributed by atoms with Gasteiger partial charge in [0.15, 0.2) is 5.82 Å². The van der Waals surface area contributed by atoms with Crippen LogP contribution in [0.15, 0.2) is 0 Å². The topological polar surface area (TPSA) is 138 Å².